The lowest BCUT2D eigenvalue weighted by molar-refractivity contribution is 0.317. The first kappa shape index (κ1) is 22.0. The summed E-state index contributed by atoms with van der Waals surface area (Å²) >= 11 is 0. The first-order valence-electron chi connectivity index (χ1n) is 11.3. The van der Waals surface area contributed by atoms with Crippen molar-refractivity contribution in [3.05, 3.63) is 105 Å². The highest BCUT2D eigenvalue weighted by Crippen LogP contribution is 2.33. The highest BCUT2D eigenvalue weighted by atomic mass is 16.4. The number of nitrogens with zero attached hydrogens (tertiary/aromatic N) is 2. The van der Waals surface area contributed by atoms with Crippen LogP contribution in [0.2, 0.25) is 0 Å². The zero-order valence-electron chi connectivity index (χ0n) is 18.8. The lowest BCUT2D eigenvalue weighted by Crippen LogP contribution is -2.26. The number of aromatic nitrogens is 1. The molecule has 32 heavy (non-hydrogen) atoms. The van der Waals surface area contributed by atoms with E-state index >= 15 is 0 Å². The van der Waals surface area contributed by atoms with Gasteiger partial charge >= 0.3 is 0 Å². The van der Waals surface area contributed by atoms with Gasteiger partial charge in [0.15, 0.2) is 0 Å². The monoisotopic (exact) mass is 429 g/mol. The van der Waals surface area contributed by atoms with Gasteiger partial charge in [-0.1, -0.05) is 53.7 Å². The van der Waals surface area contributed by atoms with E-state index in [4.69, 9.17) is 0 Å². The lowest BCUT2D eigenvalue weighted by atomic mass is 9.82. The van der Waals surface area contributed by atoms with Gasteiger partial charge in [0.05, 0.1) is 5.71 Å². The van der Waals surface area contributed by atoms with Crippen molar-refractivity contribution in [2.75, 3.05) is 13.1 Å². The minimum absolute atomic E-state index is 0.0430. The Bertz CT molecular complexity index is 1140. The van der Waals surface area contributed by atoms with Crippen LogP contribution in [0.15, 0.2) is 76.8 Å². The molecule has 2 aromatic carbocycles. The number of rotatable bonds is 6. The van der Waals surface area contributed by atoms with Crippen LogP contribution in [0, 0.1) is 6.92 Å². The van der Waals surface area contributed by atoms with Gasteiger partial charge in [-0.25, -0.2) is 0 Å². The molecular weight excluding hydrogens is 398 g/mol. The van der Waals surface area contributed by atoms with Crippen molar-refractivity contribution in [3.8, 4) is 0 Å². The Balaban J connectivity index is 1.68. The van der Waals surface area contributed by atoms with Gasteiger partial charge in [0.2, 0.25) is 5.56 Å². The summed E-state index contributed by atoms with van der Waals surface area (Å²) in [5, 5.41) is 16.9. The van der Waals surface area contributed by atoms with E-state index in [2.05, 4.69) is 59.9 Å². The van der Waals surface area contributed by atoms with Gasteiger partial charge in [-0.3, -0.25) is 4.79 Å². The largest absolute Gasteiger partial charge is 0.411 e. The summed E-state index contributed by atoms with van der Waals surface area (Å²) < 4.78 is 1.51. The SMILES string of the molecule is Cc1ccccc1C(C/C(=N/O)c1ccc(=O)n(C)c1)c1ccc(C2CCNCC2)cc1. The average molecular weight is 430 g/mol. The van der Waals surface area contributed by atoms with Crippen LogP contribution in [-0.4, -0.2) is 28.6 Å². The van der Waals surface area contributed by atoms with Crippen molar-refractivity contribution in [3.63, 3.8) is 0 Å². The van der Waals surface area contributed by atoms with Crippen LogP contribution in [0.4, 0.5) is 0 Å². The predicted octanol–water partition coefficient (Wildman–Crippen LogP) is 4.56. The van der Waals surface area contributed by atoms with Gasteiger partial charge in [0, 0.05) is 37.2 Å². The Labute approximate surface area is 189 Å². The molecular formula is C27H31N3O2. The molecule has 166 valence electrons. The van der Waals surface area contributed by atoms with Crippen molar-refractivity contribution in [2.24, 2.45) is 12.2 Å². The molecule has 0 aliphatic carbocycles. The maximum absolute atomic E-state index is 11.8. The highest BCUT2D eigenvalue weighted by Gasteiger charge is 2.22. The Hall–Kier alpha value is -3.18. The van der Waals surface area contributed by atoms with E-state index in [1.165, 1.54) is 45.7 Å². The third-order valence-corrected chi connectivity index (χ3v) is 6.65. The number of aryl methyl sites for hydroxylation is 2. The number of nitrogens with one attached hydrogen (secondary N) is 1. The quantitative estimate of drug-likeness (QED) is 0.343. The molecule has 0 amide bonds. The van der Waals surface area contributed by atoms with Crippen LogP contribution in [0.3, 0.4) is 0 Å². The van der Waals surface area contributed by atoms with Crippen LogP contribution < -0.4 is 10.9 Å². The summed E-state index contributed by atoms with van der Waals surface area (Å²) in [6, 6.07) is 20.6. The molecule has 0 bridgehead atoms. The normalized spacial score (nSPS) is 16.1. The summed E-state index contributed by atoms with van der Waals surface area (Å²) in [5.41, 5.74) is 6.24. The topological polar surface area (TPSA) is 66.6 Å². The molecule has 1 unspecified atom stereocenters. The van der Waals surface area contributed by atoms with Crippen LogP contribution >= 0.6 is 0 Å². The molecule has 0 saturated carbocycles. The molecule has 2 heterocycles. The minimum atomic E-state index is -0.0880. The maximum atomic E-state index is 11.8. The number of hydrogen-bond donors (Lipinski definition) is 2. The van der Waals surface area contributed by atoms with E-state index in [9.17, 15) is 10.0 Å². The third-order valence-electron chi connectivity index (χ3n) is 6.65. The van der Waals surface area contributed by atoms with Crippen LogP contribution in [0.1, 0.15) is 58.9 Å². The van der Waals surface area contributed by atoms with Gasteiger partial charge < -0.3 is 15.1 Å². The van der Waals surface area contributed by atoms with E-state index in [0.717, 1.165) is 18.7 Å². The molecule has 1 fully saturated rings. The molecule has 3 aromatic rings. The second-order valence-electron chi connectivity index (χ2n) is 8.72. The van der Waals surface area contributed by atoms with E-state index in [0.29, 0.717) is 18.1 Å². The summed E-state index contributed by atoms with van der Waals surface area (Å²) in [6.07, 6.45) is 4.61. The Morgan fingerprint density at radius 3 is 2.47 bits per heavy atom. The second kappa shape index (κ2) is 9.96. The van der Waals surface area contributed by atoms with Crippen molar-refractivity contribution < 1.29 is 5.21 Å². The molecule has 1 aliphatic heterocycles. The molecule has 0 radical (unpaired) electrons. The van der Waals surface area contributed by atoms with Crippen LogP contribution in [0.5, 0.6) is 0 Å². The predicted molar refractivity (Wildman–Crippen MR) is 129 cm³/mol. The molecule has 0 spiro atoms. The van der Waals surface area contributed by atoms with Crippen LogP contribution in [0.25, 0.3) is 0 Å². The van der Waals surface area contributed by atoms with Crippen molar-refractivity contribution in [1.29, 1.82) is 0 Å². The first-order valence-corrected chi connectivity index (χ1v) is 11.3. The number of oxime groups is 1. The number of pyridine rings is 1. The van der Waals surface area contributed by atoms with E-state index < -0.39 is 0 Å². The Kier molecular flexibility index (Phi) is 6.86. The maximum Gasteiger partial charge on any atom is 0.250 e. The Morgan fingerprint density at radius 1 is 1.09 bits per heavy atom. The smallest absolute Gasteiger partial charge is 0.250 e. The molecule has 4 rings (SSSR count). The fraction of sp³-hybridized carbons (Fsp3) is 0.333. The van der Waals surface area contributed by atoms with Gasteiger partial charge in [-0.15, -0.1) is 0 Å². The summed E-state index contributed by atoms with van der Waals surface area (Å²) in [4.78, 5) is 11.8. The lowest BCUT2D eigenvalue weighted by Gasteiger charge is -2.25. The third kappa shape index (κ3) is 4.83. The van der Waals surface area contributed by atoms with Gasteiger partial charge in [-0.2, -0.15) is 0 Å². The standard InChI is InChI=1S/C27H31N3O2/c1-19-5-3-4-6-24(19)25(17-26(29-32)23-11-12-27(31)30(2)18-23)22-9-7-20(8-10-22)21-13-15-28-16-14-21/h3-12,18,21,25,28,32H,13-17H2,1-2H3/b29-26-. The molecule has 2 N–H and O–H groups in total. The fourth-order valence-corrected chi connectivity index (χ4v) is 4.72. The van der Waals surface area contributed by atoms with Gasteiger partial charge in [0.25, 0.3) is 0 Å². The summed E-state index contributed by atoms with van der Waals surface area (Å²) in [7, 11) is 1.71. The minimum Gasteiger partial charge on any atom is -0.411 e. The van der Waals surface area contributed by atoms with Crippen molar-refractivity contribution in [2.45, 2.75) is 38.0 Å². The number of hydrogen-bond acceptors (Lipinski definition) is 4. The molecule has 1 aromatic heterocycles. The van der Waals surface area contributed by atoms with E-state index in [-0.39, 0.29) is 11.5 Å². The van der Waals surface area contributed by atoms with Gasteiger partial charge in [-0.05, 0) is 67.1 Å². The van der Waals surface area contributed by atoms with Gasteiger partial charge in [0.1, 0.15) is 0 Å². The average Bonchev–Trinajstić information content (AvgIpc) is 2.83. The number of benzene rings is 2. The summed E-state index contributed by atoms with van der Waals surface area (Å²) in [5.74, 6) is 0.656. The van der Waals surface area contributed by atoms with Crippen molar-refractivity contribution in [1.82, 2.24) is 9.88 Å². The molecule has 1 aliphatic rings. The number of piperidine rings is 1. The first-order chi connectivity index (χ1) is 15.6. The van der Waals surface area contributed by atoms with E-state index in [1.807, 2.05) is 6.07 Å². The highest BCUT2D eigenvalue weighted by molar-refractivity contribution is 6.00. The molecule has 1 saturated heterocycles. The zero-order chi connectivity index (χ0) is 22.5. The van der Waals surface area contributed by atoms with Crippen molar-refractivity contribution >= 4 is 5.71 Å². The molecule has 5 heteroatoms. The second-order valence-corrected chi connectivity index (χ2v) is 8.72. The molecule has 5 nitrogen and oxygen atoms in total. The zero-order valence-corrected chi connectivity index (χ0v) is 18.8. The fourth-order valence-electron chi connectivity index (χ4n) is 4.72. The Morgan fingerprint density at radius 2 is 1.81 bits per heavy atom. The summed E-state index contributed by atoms with van der Waals surface area (Å²) in [6.45, 7) is 4.27. The van der Waals surface area contributed by atoms with Crippen LogP contribution in [-0.2, 0) is 7.05 Å². The molecule has 1 atom stereocenters. The van der Waals surface area contributed by atoms with E-state index in [1.54, 1.807) is 19.3 Å².